The summed E-state index contributed by atoms with van der Waals surface area (Å²) in [6, 6.07) is -4.03. The lowest BCUT2D eigenvalue weighted by Crippen LogP contribution is -2.22. The van der Waals surface area contributed by atoms with Crippen LogP contribution in [0.4, 0.5) is 0 Å². The predicted octanol–water partition coefficient (Wildman–Crippen LogP) is -0.118. The summed E-state index contributed by atoms with van der Waals surface area (Å²) in [7, 11) is 0. The summed E-state index contributed by atoms with van der Waals surface area (Å²) in [5.74, 6) is 0. The van der Waals surface area contributed by atoms with E-state index in [0.717, 1.165) is 0 Å². The van der Waals surface area contributed by atoms with E-state index in [4.69, 9.17) is 20.4 Å². The zero-order chi connectivity index (χ0) is 11.8. The zero-order valence-corrected chi connectivity index (χ0v) is 3.60. The van der Waals surface area contributed by atoms with E-state index in [-0.39, 0.29) is 0 Å². The minimum Gasteiger partial charge on any atom is -0.395 e. The molecule has 0 fully saturated rings. The first kappa shape index (κ1) is 1.33. The van der Waals surface area contributed by atoms with Crippen molar-refractivity contribution >= 4 is 0 Å². The van der Waals surface area contributed by atoms with Crippen molar-refractivity contribution in [3.8, 4) is 0 Å². The molecule has 0 rings (SSSR count). The molecule has 3 N–H and O–H groups in total. The molecule has 42 valence electrons. The van der Waals surface area contributed by atoms with Crippen LogP contribution in [0.5, 0.6) is 0 Å². The molecule has 0 amide bonds. The van der Waals surface area contributed by atoms with Gasteiger partial charge >= 0.3 is 0 Å². The van der Waals surface area contributed by atoms with Gasteiger partial charge in [-0.05, 0) is 6.37 Å². The van der Waals surface area contributed by atoms with Crippen LogP contribution in [0.1, 0.15) is 16.0 Å². The van der Waals surface area contributed by atoms with Gasteiger partial charge in [-0.3, -0.25) is 0 Å². The topological polar surface area (TPSA) is 46.2 Å². The van der Waals surface area contributed by atoms with Gasteiger partial charge in [0.15, 0.2) is 0 Å². The van der Waals surface area contributed by atoms with Gasteiger partial charge in [0.25, 0.3) is 0 Å². The van der Waals surface area contributed by atoms with Crippen molar-refractivity contribution in [3.63, 3.8) is 0 Å². The van der Waals surface area contributed by atoms with E-state index in [9.17, 15) is 0 Å². The highest BCUT2D eigenvalue weighted by Gasteiger charge is 1.92. The van der Waals surface area contributed by atoms with Crippen molar-refractivity contribution in [3.05, 3.63) is 12.6 Å². The first-order chi connectivity index (χ1) is 5.98. The Morgan fingerprint density at radius 3 is 3.71 bits per heavy atom. The Bertz CT molecular complexity index is 243. The van der Waals surface area contributed by atoms with Gasteiger partial charge in [0.1, 0.15) is 0 Å². The van der Waals surface area contributed by atoms with Crippen molar-refractivity contribution in [2.75, 3.05) is 6.56 Å². The quantitative estimate of drug-likeness (QED) is 0.495. The smallest absolute Gasteiger partial charge is 0.0585 e. The average Bonchev–Trinajstić information content (AvgIpc) is 2.00. The normalized spacial score (nSPS) is 39.7. The van der Waals surface area contributed by atoms with Crippen molar-refractivity contribution in [1.82, 2.24) is 0 Å². The Labute approximate surface area is 53.5 Å². The third-order valence-electron chi connectivity index (χ3n) is 0.327. The largest absolute Gasteiger partial charge is 0.395 e. The molecule has 2 heteroatoms. The molecule has 0 saturated heterocycles. The van der Waals surface area contributed by atoms with Crippen molar-refractivity contribution in [2.45, 2.75) is 12.4 Å². The van der Waals surface area contributed by atoms with Gasteiger partial charge in [0.05, 0.1) is 12.0 Å². The molecule has 0 aromatic carbocycles. The number of hydrogen-bond acceptors (Lipinski definition) is 2. The Kier molecular flexibility index (Phi) is 0.730. The standard InChI is InChI=1S/C5H11NO/c1-2-3-5(6)4-7/h2,5,7H,1,3-4,6H2/t5-/m0/s1/i1D,2D,3D2,4D2,5D. The molecule has 0 aliphatic carbocycles. The first-order valence-corrected chi connectivity index (χ1v) is 1.55. The number of hydrogen-bond donors (Lipinski definition) is 2. The summed E-state index contributed by atoms with van der Waals surface area (Å²) in [6.45, 7) is -3.01. The molecule has 0 spiro atoms. The van der Waals surface area contributed by atoms with Crippen LogP contribution < -0.4 is 5.73 Å². The minimum absolute atomic E-state index is 0.307. The molecule has 0 aromatic rings. The first-order valence-electron chi connectivity index (χ1n) is 5.13. The zero-order valence-electron chi connectivity index (χ0n) is 10.6. The Balaban J connectivity index is 5.29. The molecule has 0 aliphatic rings. The molecule has 7 heavy (non-hydrogen) atoms. The van der Waals surface area contributed by atoms with Crippen LogP contribution in [-0.4, -0.2) is 17.7 Å². The summed E-state index contributed by atoms with van der Waals surface area (Å²) in [4.78, 5) is 0. The number of nitrogens with two attached hydrogens (primary N) is 1. The SMILES string of the molecule is [2H]C=C([2H])C([2H])([2H])[C@]([2H])(N)C([2H])([2H])O. The molecule has 0 unspecified atom stereocenters. The lowest BCUT2D eigenvalue weighted by atomic mass is 10.2. The molecular formula is C5H11NO. The Hall–Kier alpha value is -0.340. The molecule has 0 saturated carbocycles. The fraction of sp³-hybridized carbons (Fsp3) is 0.600. The van der Waals surface area contributed by atoms with Crippen molar-refractivity contribution < 1.29 is 14.7 Å². The third-order valence-corrected chi connectivity index (χ3v) is 0.327. The summed E-state index contributed by atoms with van der Waals surface area (Å²) >= 11 is 0. The second-order valence-corrected chi connectivity index (χ2v) is 0.795. The van der Waals surface area contributed by atoms with Gasteiger partial charge in [0.2, 0.25) is 0 Å². The van der Waals surface area contributed by atoms with Crippen LogP contribution in [0.15, 0.2) is 12.6 Å². The fourth-order valence-corrected chi connectivity index (χ4v) is 0.106. The molecule has 0 aliphatic heterocycles. The van der Waals surface area contributed by atoms with E-state index in [1.54, 1.807) is 0 Å². The molecule has 0 radical (unpaired) electrons. The Morgan fingerprint density at radius 1 is 2.57 bits per heavy atom. The van der Waals surface area contributed by atoms with Gasteiger partial charge in [-0.15, -0.1) is 6.55 Å². The monoisotopic (exact) mass is 108 g/mol. The number of aliphatic hydroxyl groups is 1. The molecule has 0 heterocycles. The predicted molar refractivity (Wildman–Crippen MR) is 29.9 cm³/mol. The maximum Gasteiger partial charge on any atom is 0.0585 e. The summed E-state index contributed by atoms with van der Waals surface area (Å²) < 4.78 is 48.6. The Morgan fingerprint density at radius 2 is 3.29 bits per heavy atom. The summed E-state index contributed by atoms with van der Waals surface area (Å²) in [5.41, 5.74) is 4.97. The highest BCUT2D eigenvalue weighted by Crippen LogP contribution is 1.83. The van der Waals surface area contributed by atoms with Crippen molar-refractivity contribution in [1.29, 1.82) is 0 Å². The maximum atomic E-state index is 8.83. The van der Waals surface area contributed by atoms with E-state index in [2.05, 4.69) is 0 Å². The van der Waals surface area contributed by atoms with E-state index in [0.29, 0.717) is 6.55 Å². The van der Waals surface area contributed by atoms with Gasteiger partial charge < -0.3 is 10.8 Å². The van der Waals surface area contributed by atoms with Gasteiger partial charge in [-0.2, -0.15) is 0 Å². The third kappa shape index (κ3) is 3.49. The second-order valence-electron chi connectivity index (χ2n) is 0.795. The molecular weight excluding hydrogens is 90.1 g/mol. The van der Waals surface area contributed by atoms with E-state index in [1.165, 1.54) is 0 Å². The molecule has 2 nitrogen and oxygen atoms in total. The van der Waals surface area contributed by atoms with Gasteiger partial charge in [-0.25, -0.2) is 0 Å². The fourth-order valence-electron chi connectivity index (χ4n) is 0.106. The van der Waals surface area contributed by atoms with Gasteiger partial charge in [-0.1, -0.05) is 6.05 Å². The summed E-state index contributed by atoms with van der Waals surface area (Å²) in [5, 5.41) is 8.83. The summed E-state index contributed by atoms with van der Waals surface area (Å²) in [6.07, 6.45) is -2.95. The average molecular weight is 108 g/mol. The lowest BCUT2D eigenvalue weighted by molar-refractivity contribution is 0.266. The van der Waals surface area contributed by atoms with E-state index < -0.39 is 25.0 Å². The van der Waals surface area contributed by atoms with Crippen LogP contribution in [0, 0.1) is 0 Å². The van der Waals surface area contributed by atoms with E-state index in [1.807, 2.05) is 0 Å². The molecule has 0 bridgehead atoms. The highest BCUT2D eigenvalue weighted by molar-refractivity contribution is 4.73. The second kappa shape index (κ2) is 3.84. The van der Waals surface area contributed by atoms with Crippen molar-refractivity contribution in [2.24, 2.45) is 5.73 Å². The van der Waals surface area contributed by atoms with E-state index >= 15 is 0 Å². The van der Waals surface area contributed by atoms with Crippen LogP contribution in [0.2, 0.25) is 0 Å². The number of rotatable bonds is 3. The van der Waals surface area contributed by atoms with Crippen LogP contribution in [-0.2, 0) is 0 Å². The molecule has 0 aromatic heterocycles. The lowest BCUT2D eigenvalue weighted by Gasteiger charge is -2.00. The van der Waals surface area contributed by atoms with Crippen LogP contribution in [0.3, 0.4) is 0 Å². The minimum atomic E-state index is -3.31. The van der Waals surface area contributed by atoms with Gasteiger partial charge in [0, 0.05) is 10.1 Å². The highest BCUT2D eigenvalue weighted by atomic mass is 16.3. The molecule has 1 atom stereocenters. The maximum absolute atomic E-state index is 8.83. The van der Waals surface area contributed by atoms with Crippen LogP contribution in [0.25, 0.3) is 0 Å². The van der Waals surface area contributed by atoms with Crippen LogP contribution >= 0.6 is 0 Å².